The summed E-state index contributed by atoms with van der Waals surface area (Å²) in [5.41, 5.74) is 0.666. The molecule has 24 heavy (non-hydrogen) atoms. The number of likely N-dealkylation sites (tertiary alicyclic amines) is 1. The maximum absolute atomic E-state index is 12.6. The largest absolute Gasteiger partial charge is 0.335 e. The molecule has 6 nitrogen and oxygen atoms in total. The first-order valence-electron chi connectivity index (χ1n) is 8.30. The van der Waals surface area contributed by atoms with Gasteiger partial charge in [-0.3, -0.25) is 0 Å². The normalized spacial score (nSPS) is 17.8. The summed E-state index contributed by atoms with van der Waals surface area (Å²) in [6.45, 7) is 3.67. The topological polar surface area (TPSA) is 63.1 Å². The lowest BCUT2D eigenvalue weighted by molar-refractivity contribution is 0.155. The van der Waals surface area contributed by atoms with E-state index < -0.39 is 0 Å². The van der Waals surface area contributed by atoms with Crippen molar-refractivity contribution < 1.29 is 4.79 Å². The number of aromatic nitrogens is 3. The molecule has 128 valence electrons. The smallest absolute Gasteiger partial charge is 0.322 e. The van der Waals surface area contributed by atoms with Gasteiger partial charge >= 0.3 is 6.03 Å². The highest BCUT2D eigenvalue weighted by Gasteiger charge is 2.26. The molecule has 0 aromatic carbocycles. The predicted molar refractivity (Wildman–Crippen MR) is 94.2 cm³/mol. The van der Waals surface area contributed by atoms with Gasteiger partial charge in [0.15, 0.2) is 0 Å². The molecule has 1 fully saturated rings. The number of anilines is 1. The number of hydrogen-bond donors (Lipinski definition) is 1. The lowest BCUT2D eigenvalue weighted by Crippen LogP contribution is -2.46. The van der Waals surface area contributed by atoms with Crippen molar-refractivity contribution in [2.24, 2.45) is 0 Å². The Hall–Kier alpha value is -2.08. The molecule has 1 N–H and O–H groups in total. The van der Waals surface area contributed by atoms with Crippen LogP contribution in [-0.2, 0) is 6.54 Å². The van der Waals surface area contributed by atoms with Gasteiger partial charge in [-0.15, -0.1) is 0 Å². The van der Waals surface area contributed by atoms with Gasteiger partial charge in [0.25, 0.3) is 0 Å². The Balaban J connectivity index is 1.61. The first-order valence-corrected chi connectivity index (χ1v) is 8.68. The first kappa shape index (κ1) is 16.8. The van der Waals surface area contributed by atoms with Gasteiger partial charge in [-0.2, -0.15) is 0 Å². The minimum absolute atomic E-state index is 0.0637. The van der Waals surface area contributed by atoms with E-state index in [4.69, 9.17) is 11.6 Å². The van der Waals surface area contributed by atoms with Crippen LogP contribution >= 0.6 is 11.6 Å². The number of aryl methyl sites for hydroxylation is 2. The summed E-state index contributed by atoms with van der Waals surface area (Å²) in [7, 11) is 0. The molecule has 0 saturated carbocycles. The third-order valence-electron chi connectivity index (χ3n) is 4.49. The monoisotopic (exact) mass is 347 g/mol. The third-order valence-corrected chi connectivity index (χ3v) is 4.72. The molecule has 2 aromatic rings. The minimum Gasteiger partial charge on any atom is -0.335 e. The Morgan fingerprint density at radius 2 is 2.25 bits per heavy atom. The average molecular weight is 348 g/mol. The van der Waals surface area contributed by atoms with Gasteiger partial charge in [0.2, 0.25) is 0 Å². The second-order valence-electron chi connectivity index (χ2n) is 6.10. The van der Waals surface area contributed by atoms with Crippen LogP contribution in [0.15, 0.2) is 30.7 Å². The van der Waals surface area contributed by atoms with Gasteiger partial charge in [-0.1, -0.05) is 11.6 Å². The highest BCUT2D eigenvalue weighted by Crippen LogP contribution is 2.22. The molecule has 0 bridgehead atoms. The molecule has 1 aliphatic heterocycles. The number of carbonyl (C=O) groups is 1. The zero-order valence-corrected chi connectivity index (χ0v) is 14.5. The Labute approximate surface area is 146 Å². The van der Waals surface area contributed by atoms with E-state index in [0.717, 1.165) is 38.2 Å². The van der Waals surface area contributed by atoms with Crippen molar-refractivity contribution in [2.75, 3.05) is 11.9 Å². The van der Waals surface area contributed by atoms with Crippen molar-refractivity contribution in [3.63, 3.8) is 0 Å². The number of nitrogens with one attached hydrogen (secondary N) is 1. The van der Waals surface area contributed by atoms with E-state index in [9.17, 15) is 4.79 Å². The van der Waals surface area contributed by atoms with Gasteiger partial charge in [0, 0.05) is 31.5 Å². The van der Waals surface area contributed by atoms with Crippen LogP contribution in [0.2, 0.25) is 5.15 Å². The van der Waals surface area contributed by atoms with Crippen LogP contribution in [0.5, 0.6) is 0 Å². The number of imidazole rings is 1. The number of amides is 2. The average Bonchev–Trinajstić information content (AvgIpc) is 3.00. The van der Waals surface area contributed by atoms with Gasteiger partial charge < -0.3 is 14.8 Å². The van der Waals surface area contributed by atoms with E-state index in [2.05, 4.69) is 19.9 Å². The Bertz CT molecular complexity index is 685. The number of urea groups is 1. The van der Waals surface area contributed by atoms with E-state index in [1.807, 2.05) is 24.2 Å². The Morgan fingerprint density at radius 1 is 1.38 bits per heavy atom. The number of piperidine rings is 1. The number of rotatable bonds is 4. The second kappa shape index (κ2) is 7.66. The molecule has 1 aliphatic rings. The molecule has 7 heteroatoms. The molecule has 2 aromatic heterocycles. The lowest BCUT2D eigenvalue weighted by Gasteiger charge is -2.36. The van der Waals surface area contributed by atoms with Crippen molar-refractivity contribution in [3.05, 3.63) is 41.7 Å². The van der Waals surface area contributed by atoms with Crippen molar-refractivity contribution >= 4 is 23.3 Å². The summed E-state index contributed by atoms with van der Waals surface area (Å²) in [4.78, 5) is 22.8. The van der Waals surface area contributed by atoms with Crippen LogP contribution in [0.25, 0.3) is 0 Å². The number of carbonyl (C=O) groups excluding carboxylic acids is 1. The maximum Gasteiger partial charge on any atom is 0.322 e. The quantitative estimate of drug-likeness (QED) is 0.857. The number of hydrogen-bond acceptors (Lipinski definition) is 3. The highest BCUT2D eigenvalue weighted by atomic mass is 35.5. The van der Waals surface area contributed by atoms with Crippen molar-refractivity contribution in [1.82, 2.24) is 19.4 Å². The van der Waals surface area contributed by atoms with E-state index in [0.29, 0.717) is 10.8 Å². The summed E-state index contributed by atoms with van der Waals surface area (Å²) >= 11 is 5.78. The van der Waals surface area contributed by atoms with E-state index >= 15 is 0 Å². The summed E-state index contributed by atoms with van der Waals surface area (Å²) < 4.78 is 2.13. The molecule has 1 saturated heterocycles. The fourth-order valence-electron chi connectivity index (χ4n) is 3.14. The van der Waals surface area contributed by atoms with Crippen LogP contribution in [0.4, 0.5) is 10.5 Å². The summed E-state index contributed by atoms with van der Waals surface area (Å²) in [6, 6.07) is 3.63. The van der Waals surface area contributed by atoms with Gasteiger partial charge in [-0.05, 0) is 44.7 Å². The van der Waals surface area contributed by atoms with Gasteiger partial charge in [0.1, 0.15) is 11.0 Å². The summed E-state index contributed by atoms with van der Waals surface area (Å²) in [5.74, 6) is 1.01. The molecule has 3 heterocycles. The minimum atomic E-state index is -0.0637. The number of halogens is 1. The molecule has 0 aliphatic carbocycles. The van der Waals surface area contributed by atoms with E-state index in [-0.39, 0.29) is 12.1 Å². The van der Waals surface area contributed by atoms with Crippen LogP contribution in [0.3, 0.4) is 0 Å². The van der Waals surface area contributed by atoms with Crippen molar-refractivity contribution in [2.45, 2.75) is 45.2 Å². The van der Waals surface area contributed by atoms with E-state index in [1.54, 1.807) is 18.3 Å². The van der Waals surface area contributed by atoms with Crippen LogP contribution in [-0.4, -0.2) is 38.1 Å². The maximum atomic E-state index is 12.6. The summed E-state index contributed by atoms with van der Waals surface area (Å²) in [5, 5.41) is 3.34. The molecule has 3 rings (SSSR count). The molecule has 0 radical (unpaired) electrons. The van der Waals surface area contributed by atoms with Crippen molar-refractivity contribution in [3.8, 4) is 0 Å². The zero-order chi connectivity index (χ0) is 16.9. The molecule has 2 amide bonds. The fourth-order valence-corrected chi connectivity index (χ4v) is 3.25. The van der Waals surface area contributed by atoms with Gasteiger partial charge in [0.05, 0.1) is 11.9 Å². The predicted octanol–water partition coefficient (Wildman–Crippen LogP) is 3.72. The summed E-state index contributed by atoms with van der Waals surface area (Å²) in [6.07, 6.45) is 9.57. The third kappa shape index (κ3) is 4.06. The SMILES string of the molecule is Cc1nccn1CC[C@@H]1CCCCN1C(=O)Nc1ccc(Cl)nc1. The van der Waals surface area contributed by atoms with Crippen LogP contribution in [0, 0.1) is 6.92 Å². The van der Waals surface area contributed by atoms with E-state index in [1.165, 1.54) is 6.42 Å². The van der Waals surface area contributed by atoms with Gasteiger partial charge in [-0.25, -0.2) is 14.8 Å². The Kier molecular flexibility index (Phi) is 5.35. The fraction of sp³-hybridized carbons (Fsp3) is 0.471. The molecular weight excluding hydrogens is 326 g/mol. The van der Waals surface area contributed by atoms with Crippen LogP contribution in [0.1, 0.15) is 31.5 Å². The molecule has 1 atom stereocenters. The molecular formula is C17H22ClN5O. The lowest BCUT2D eigenvalue weighted by atomic mass is 9.99. The Morgan fingerprint density at radius 3 is 2.96 bits per heavy atom. The van der Waals surface area contributed by atoms with Crippen LogP contribution < -0.4 is 5.32 Å². The number of pyridine rings is 1. The standard InChI is InChI=1S/C17H22ClN5O/c1-13-19-8-11-22(13)10-7-15-4-2-3-9-23(15)17(24)21-14-5-6-16(18)20-12-14/h5-6,8,11-12,15H,2-4,7,9-10H2,1H3,(H,21,24)/t15-/m0/s1. The zero-order valence-electron chi connectivity index (χ0n) is 13.8. The first-order chi connectivity index (χ1) is 11.6. The molecule has 0 unspecified atom stereocenters. The number of nitrogens with zero attached hydrogens (tertiary/aromatic N) is 4. The van der Waals surface area contributed by atoms with Crippen molar-refractivity contribution in [1.29, 1.82) is 0 Å². The molecule has 0 spiro atoms. The second-order valence-corrected chi connectivity index (χ2v) is 6.49. The highest BCUT2D eigenvalue weighted by molar-refractivity contribution is 6.29.